The van der Waals surface area contributed by atoms with Gasteiger partial charge in [-0.2, -0.15) is 10.1 Å². The molecule has 0 saturated carbocycles. The molecule has 0 unspecified atom stereocenters. The summed E-state index contributed by atoms with van der Waals surface area (Å²) in [6.45, 7) is 9.03. The van der Waals surface area contributed by atoms with E-state index in [1.54, 1.807) is 68.3 Å². The number of hydrogen-bond acceptors (Lipinski definition) is 12. The number of ether oxygens (including phenoxy) is 2. The number of pyridine rings is 2. The van der Waals surface area contributed by atoms with Crippen molar-refractivity contribution in [2.45, 2.75) is 26.4 Å². The Kier molecular flexibility index (Phi) is 8.70. The van der Waals surface area contributed by atoms with E-state index in [-0.39, 0.29) is 6.54 Å². The second kappa shape index (κ2) is 12.4. The van der Waals surface area contributed by atoms with Crippen LogP contribution in [-0.4, -0.2) is 100 Å². The Hall–Kier alpha value is -4.41. The first-order valence-electron chi connectivity index (χ1n) is 13.6. The summed E-state index contributed by atoms with van der Waals surface area (Å²) in [5, 5.41) is 10.8. The number of aromatic nitrogens is 6. The third-order valence-electron chi connectivity index (χ3n) is 6.31. The van der Waals surface area contributed by atoms with Crippen LogP contribution in [0.2, 0.25) is 0 Å². The van der Waals surface area contributed by atoms with E-state index in [4.69, 9.17) is 9.47 Å². The lowest BCUT2D eigenvalue weighted by molar-refractivity contribution is 0.0395. The van der Waals surface area contributed by atoms with Crippen LogP contribution in [-0.2, 0) is 19.5 Å². The number of fused-ring (bicyclic) bond motifs is 1. The number of nitrogens with zero attached hydrogens (tertiary/aromatic N) is 8. The predicted molar refractivity (Wildman–Crippen MR) is 161 cm³/mol. The van der Waals surface area contributed by atoms with Crippen LogP contribution in [0.5, 0.6) is 0 Å². The summed E-state index contributed by atoms with van der Waals surface area (Å²) in [4.78, 5) is 31.8. The minimum atomic E-state index is -3.53. The van der Waals surface area contributed by atoms with E-state index in [0.717, 1.165) is 13.1 Å². The number of carbonyl (C=O) groups is 1. The number of carbonyl (C=O) groups excluding carboxylic acids is 1. The highest BCUT2D eigenvalue weighted by atomic mass is 32.2. The number of hydrogen-bond donors (Lipinski definition) is 2. The highest BCUT2D eigenvalue weighted by molar-refractivity contribution is 7.92. The molecule has 1 fully saturated rings. The van der Waals surface area contributed by atoms with Crippen LogP contribution in [0.25, 0.3) is 16.7 Å². The largest absolute Gasteiger partial charge is 0.444 e. The SMILES string of the molecule is CC(C)(C)OC(=O)Nc1ccc(-n2ncc3cnc(Nc4ccc(N(CCN5CCOCC5)S(C)(=O)=O)nc4)nc32)cn1. The van der Waals surface area contributed by atoms with E-state index in [2.05, 4.69) is 40.6 Å². The number of amides is 1. The molecule has 1 amide bonds. The Morgan fingerprint density at radius 3 is 2.49 bits per heavy atom. The molecule has 0 atom stereocenters. The van der Waals surface area contributed by atoms with Gasteiger partial charge < -0.3 is 14.8 Å². The Bertz CT molecular complexity index is 1670. The smallest absolute Gasteiger partial charge is 0.413 e. The second-order valence-corrected chi connectivity index (χ2v) is 12.8. The zero-order valence-electron chi connectivity index (χ0n) is 24.4. The van der Waals surface area contributed by atoms with Crippen molar-refractivity contribution in [1.82, 2.24) is 34.6 Å². The van der Waals surface area contributed by atoms with Gasteiger partial charge in [-0.25, -0.2) is 32.8 Å². The molecule has 5 heterocycles. The molecule has 4 aromatic rings. The van der Waals surface area contributed by atoms with Gasteiger partial charge in [-0.1, -0.05) is 0 Å². The summed E-state index contributed by atoms with van der Waals surface area (Å²) in [7, 11) is -3.53. The van der Waals surface area contributed by atoms with Gasteiger partial charge in [-0.15, -0.1) is 0 Å². The lowest BCUT2D eigenvalue weighted by Crippen LogP contribution is -2.43. The fourth-order valence-corrected chi connectivity index (χ4v) is 5.17. The fraction of sp³-hybridized carbons (Fsp3) is 0.407. The Morgan fingerprint density at radius 2 is 1.84 bits per heavy atom. The second-order valence-electron chi connectivity index (χ2n) is 10.9. The average molecular weight is 611 g/mol. The number of nitrogens with one attached hydrogen (secondary N) is 2. The third kappa shape index (κ3) is 7.91. The van der Waals surface area contributed by atoms with Crippen LogP contribution < -0.4 is 14.9 Å². The molecule has 0 aliphatic carbocycles. The van der Waals surface area contributed by atoms with Gasteiger partial charge in [0, 0.05) is 32.4 Å². The summed E-state index contributed by atoms with van der Waals surface area (Å²) < 4.78 is 38.6. The van der Waals surface area contributed by atoms with Crippen LogP contribution in [0.4, 0.5) is 28.1 Å². The van der Waals surface area contributed by atoms with Crippen LogP contribution in [0.3, 0.4) is 0 Å². The highest BCUT2D eigenvalue weighted by Crippen LogP contribution is 2.22. The molecule has 0 spiro atoms. The van der Waals surface area contributed by atoms with Gasteiger partial charge in [-0.3, -0.25) is 14.5 Å². The molecule has 1 aliphatic heterocycles. The van der Waals surface area contributed by atoms with Gasteiger partial charge in [0.25, 0.3) is 0 Å². The summed E-state index contributed by atoms with van der Waals surface area (Å²) in [6, 6.07) is 6.75. The quantitative estimate of drug-likeness (QED) is 0.285. The molecule has 43 heavy (non-hydrogen) atoms. The average Bonchev–Trinajstić information content (AvgIpc) is 3.37. The molecule has 228 valence electrons. The van der Waals surface area contributed by atoms with Crippen LogP contribution >= 0.6 is 0 Å². The maximum atomic E-state index is 12.5. The predicted octanol–water partition coefficient (Wildman–Crippen LogP) is 2.79. The molecule has 0 aromatic carbocycles. The number of morpholine rings is 1. The third-order valence-corrected chi connectivity index (χ3v) is 7.48. The first-order chi connectivity index (χ1) is 20.4. The van der Waals surface area contributed by atoms with E-state index in [9.17, 15) is 13.2 Å². The standard InChI is InChI=1S/C27H34N10O5S/c1-27(2,3)42-26(38)33-22-7-6-21(18-28-22)37-24-19(16-31-37)15-30-25(34-24)32-20-5-8-23(29-17-20)36(43(4,39)40)10-9-35-11-13-41-14-12-35/h5-8,15-18H,9-14H2,1-4H3,(H,28,33,38)(H,30,32,34). The Morgan fingerprint density at radius 1 is 1.05 bits per heavy atom. The molecule has 5 rings (SSSR count). The van der Waals surface area contributed by atoms with Crippen LogP contribution in [0, 0.1) is 0 Å². The number of rotatable bonds is 9. The zero-order valence-corrected chi connectivity index (χ0v) is 25.2. The van der Waals surface area contributed by atoms with E-state index in [0.29, 0.717) is 59.8 Å². The molecular formula is C27H34N10O5S. The normalized spacial score (nSPS) is 14.4. The van der Waals surface area contributed by atoms with Gasteiger partial charge in [0.15, 0.2) is 5.65 Å². The van der Waals surface area contributed by atoms with E-state index < -0.39 is 21.7 Å². The van der Waals surface area contributed by atoms with Gasteiger partial charge in [0.05, 0.1) is 54.8 Å². The minimum absolute atomic E-state index is 0.287. The van der Waals surface area contributed by atoms with Crippen LogP contribution in [0.1, 0.15) is 20.8 Å². The first-order valence-corrected chi connectivity index (χ1v) is 15.5. The van der Waals surface area contributed by atoms with Crippen molar-refractivity contribution < 1.29 is 22.7 Å². The molecule has 1 saturated heterocycles. The highest BCUT2D eigenvalue weighted by Gasteiger charge is 2.21. The van der Waals surface area contributed by atoms with Crippen molar-refractivity contribution in [2.75, 3.05) is 60.6 Å². The summed E-state index contributed by atoms with van der Waals surface area (Å²) in [5.74, 6) is 0.957. The van der Waals surface area contributed by atoms with E-state index in [1.807, 2.05) is 0 Å². The van der Waals surface area contributed by atoms with E-state index >= 15 is 0 Å². The molecule has 16 heteroatoms. The number of anilines is 4. The summed E-state index contributed by atoms with van der Waals surface area (Å²) >= 11 is 0. The molecule has 1 aliphatic rings. The molecular weight excluding hydrogens is 576 g/mol. The summed E-state index contributed by atoms with van der Waals surface area (Å²) in [5.41, 5.74) is 1.11. The Labute approximate surface area is 249 Å². The van der Waals surface area contributed by atoms with Crippen molar-refractivity contribution in [3.8, 4) is 5.69 Å². The van der Waals surface area contributed by atoms with Crippen molar-refractivity contribution in [2.24, 2.45) is 0 Å². The first kappa shape index (κ1) is 30.1. The lowest BCUT2D eigenvalue weighted by atomic mass is 10.2. The van der Waals surface area contributed by atoms with Gasteiger partial charge in [-0.05, 0) is 45.0 Å². The molecule has 0 bridgehead atoms. The fourth-order valence-electron chi connectivity index (χ4n) is 4.30. The van der Waals surface area contributed by atoms with Gasteiger partial charge >= 0.3 is 6.09 Å². The number of sulfonamides is 1. The van der Waals surface area contributed by atoms with Crippen molar-refractivity contribution in [1.29, 1.82) is 0 Å². The van der Waals surface area contributed by atoms with Crippen molar-refractivity contribution in [3.63, 3.8) is 0 Å². The Balaban J connectivity index is 1.28. The molecule has 15 nitrogen and oxygen atoms in total. The minimum Gasteiger partial charge on any atom is -0.444 e. The van der Waals surface area contributed by atoms with Gasteiger partial charge in [0.2, 0.25) is 16.0 Å². The lowest BCUT2D eigenvalue weighted by Gasteiger charge is -2.29. The van der Waals surface area contributed by atoms with E-state index in [1.165, 1.54) is 16.8 Å². The molecule has 2 N–H and O–H groups in total. The maximum Gasteiger partial charge on any atom is 0.413 e. The topological polar surface area (TPSA) is 170 Å². The van der Waals surface area contributed by atoms with Crippen LogP contribution in [0.15, 0.2) is 49.1 Å². The monoisotopic (exact) mass is 610 g/mol. The summed E-state index contributed by atoms with van der Waals surface area (Å²) in [6.07, 6.45) is 6.95. The molecule has 4 aromatic heterocycles. The maximum absolute atomic E-state index is 12.5. The van der Waals surface area contributed by atoms with Gasteiger partial charge in [0.1, 0.15) is 17.2 Å². The van der Waals surface area contributed by atoms with Crippen molar-refractivity contribution >= 4 is 50.4 Å². The molecule has 0 radical (unpaired) electrons. The van der Waals surface area contributed by atoms with Crippen molar-refractivity contribution in [3.05, 3.63) is 49.1 Å². The zero-order chi connectivity index (χ0) is 30.6.